The second kappa shape index (κ2) is 15.7. The molecule has 0 aliphatic carbocycles. The monoisotopic (exact) mass is 541 g/mol. The summed E-state index contributed by atoms with van der Waals surface area (Å²) in [6.07, 6.45) is 0.207. The third kappa shape index (κ3) is 11.5. The molecule has 10 N–H and O–H groups in total. The number of amides is 4. The van der Waals surface area contributed by atoms with Gasteiger partial charge in [-0.1, -0.05) is 12.1 Å². The SMILES string of the molecule is CSCCC(NC(=O)C(CCC(N)=O)NC(=O)C(N)Cc1ccc(O)cc1)C(=O)NC(C(=O)O)C(C)O. The molecule has 0 aromatic heterocycles. The molecular formula is C23H35N5O8S. The standard InChI is InChI=1S/C23H35N5O8S/c1-12(29)19(23(35)36)28-22(34)17(9-10-37-2)27-21(33)16(7-8-18(25)31)26-20(32)15(24)11-13-3-5-14(30)6-4-13/h3-6,12,15-17,19,29-30H,7-11,24H2,1-2H3,(H2,25,31)(H,26,32)(H,27,33)(H,28,34)(H,35,36). The summed E-state index contributed by atoms with van der Waals surface area (Å²) in [5.41, 5.74) is 11.8. The van der Waals surface area contributed by atoms with Crippen LogP contribution in [0.2, 0.25) is 0 Å². The first kappa shape index (κ1) is 31.7. The molecule has 0 aliphatic heterocycles. The maximum atomic E-state index is 13.0. The van der Waals surface area contributed by atoms with Crippen molar-refractivity contribution in [3.63, 3.8) is 0 Å². The predicted octanol–water partition coefficient (Wildman–Crippen LogP) is -1.80. The molecule has 0 radical (unpaired) electrons. The number of benzene rings is 1. The zero-order valence-electron chi connectivity index (χ0n) is 20.7. The van der Waals surface area contributed by atoms with Crippen LogP contribution in [0.4, 0.5) is 0 Å². The Morgan fingerprint density at radius 3 is 2.00 bits per heavy atom. The molecule has 206 valence electrons. The van der Waals surface area contributed by atoms with E-state index in [1.165, 1.54) is 30.8 Å². The van der Waals surface area contributed by atoms with E-state index in [1.54, 1.807) is 18.4 Å². The second-order valence-corrected chi connectivity index (χ2v) is 9.44. The van der Waals surface area contributed by atoms with Gasteiger partial charge in [0.05, 0.1) is 12.1 Å². The zero-order valence-corrected chi connectivity index (χ0v) is 21.5. The van der Waals surface area contributed by atoms with E-state index < -0.39 is 59.9 Å². The molecule has 0 aliphatic rings. The van der Waals surface area contributed by atoms with Crippen molar-refractivity contribution in [2.45, 2.75) is 62.9 Å². The lowest BCUT2D eigenvalue weighted by molar-refractivity contribution is -0.145. The Bertz CT molecular complexity index is 944. The third-order valence-electron chi connectivity index (χ3n) is 5.33. The minimum absolute atomic E-state index is 0.0492. The number of phenolic OH excluding ortho intramolecular Hbond substituents is 1. The molecule has 4 amide bonds. The molecule has 0 heterocycles. The molecule has 0 saturated heterocycles. The first-order valence-electron chi connectivity index (χ1n) is 11.5. The van der Waals surface area contributed by atoms with Gasteiger partial charge in [-0.2, -0.15) is 11.8 Å². The van der Waals surface area contributed by atoms with Crippen LogP contribution in [-0.2, 0) is 30.4 Å². The van der Waals surface area contributed by atoms with Gasteiger partial charge in [0.15, 0.2) is 6.04 Å². The van der Waals surface area contributed by atoms with E-state index in [0.717, 1.165) is 0 Å². The zero-order chi connectivity index (χ0) is 28.1. The maximum absolute atomic E-state index is 13.0. The van der Waals surface area contributed by atoms with Crippen molar-refractivity contribution in [3.8, 4) is 5.75 Å². The molecule has 1 aromatic carbocycles. The molecule has 14 heteroatoms. The van der Waals surface area contributed by atoms with Crippen LogP contribution in [0.15, 0.2) is 24.3 Å². The Morgan fingerprint density at radius 2 is 1.49 bits per heavy atom. The van der Waals surface area contributed by atoms with E-state index in [1.807, 2.05) is 0 Å². The Kier molecular flexibility index (Phi) is 13.4. The van der Waals surface area contributed by atoms with Gasteiger partial charge in [-0.3, -0.25) is 19.2 Å². The third-order valence-corrected chi connectivity index (χ3v) is 5.97. The van der Waals surface area contributed by atoms with Gasteiger partial charge in [-0.25, -0.2) is 4.79 Å². The van der Waals surface area contributed by atoms with Crippen LogP contribution in [0.5, 0.6) is 5.75 Å². The summed E-state index contributed by atoms with van der Waals surface area (Å²) < 4.78 is 0. The number of carbonyl (C=O) groups is 5. The number of hydrogen-bond acceptors (Lipinski definition) is 9. The molecule has 5 unspecified atom stereocenters. The first-order valence-corrected chi connectivity index (χ1v) is 12.9. The first-order chi connectivity index (χ1) is 17.3. The van der Waals surface area contributed by atoms with Crippen LogP contribution in [0.1, 0.15) is 31.7 Å². The van der Waals surface area contributed by atoms with Gasteiger partial charge in [-0.05, 0) is 55.9 Å². The minimum Gasteiger partial charge on any atom is -0.508 e. The maximum Gasteiger partial charge on any atom is 0.328 e. The lowest BCUT2D eigenvalue weighted by Gasteiger charge is -2.25. The number of aliphatic hydroxyl groups is 1. The highest BCUT2D eigenvalue weighted by atomic mass is 32.2. The lowest BCUT2D eigenvalue weighted by Crippen LogP contribution is -2.58. The van der Waals surface area contributed by atoms with E-state index in [9.17, 15) is 39.3 Å². The number of primary amides is 1. The number of hydrogen-bond donors (Lipinski definition) is 8. The summed E-state index contributed by atoms with van der Waals surface area (Å²) in [6, 6.07) is 0.959. The average molecular weight is 542 g/mol. The van der Waals surface area contributed by atoms with Gasteiger partial charge in [0.25, 0.3) is 0 Å². The molecular weight excluding hydrogens is 506 g/mol. The number of carbonyl (C=O) groups excluding carboxylic acids is 4. The van der Waals surface area contributed by atoms with Crippen molar-refractivity contribution in [2.24, 2.45) is 11.5 Å². The fourth-order valence-electron chi connectivity index (χ4n) is 3.23. The predicted molar refractivity (Wildman–Crippen MR) is 136 cm³/mol. The van der Waals surface area contributed by atoms with Gasteiger partial charge in [-0.15, -0.1) is 0 Å². The molecule has 5 atom stereocenters. The smallest absolute Gasteiger partial charge is 0.328 e. The van der Waals surface area contributed by atoms with Crippen molar-refractivity contribution in [1.29, 1.82) is 0 Å². The van der Waals surface area contributed by atoms with Crippen LogP contribution in [0.25, 0.3) is 0 Å². The molecule has 0 spiro atoms. The number of thioether (sulfide) groups is 1. The summed E-state index contributed by atoms with van der Waals surface area (Å²) in [7, 11) is 0. The Morgan fingerprint density at radius 1 is 0.946 bits per heavy atom. The van der Waals surface area contributed by atoms with Crippen molar-refractivity contribution >= 4 is 41.4 Å². The molecule has 0 saturated carbocycles. The Balaban J connectivity index is 2.98. The Labute approximate surface area is 218 Å². The number of nitrogens with one attached hydrogen (secondary N) is 3. The van der Waals surface area contributed by atoms with Gasteiger partial charge < -0.3 is 42.7 Å². The van der Waals surface area contributed by atoms with E-state index >= 15 is 0 Å². The van der Waals surface area contributed by atoms with Gasteiger partial charge in [0.2, 0.25) is 23.6 Å². The fourth-order valence-corrected chi connectivity index (χ4v) is 3.70. The molecule has 13 nitrogen and oxygen atoms in total. The second-order valence-electron chi connectivity index (χ2n) is 8.45. The van der Waals surface area contributed by atoms with Crippen molar-refractivity contribution in [3.05, 3.63) is 29.8 Å². The quantitative estimate of drug-likeness (QED) is 0.117. The number of nitrogens with two attached hydrogens (primary N) is 2. The molecule has 0 bridgehead atoms. The van der Waals surface area contributed by atoms with Crippen molar-refractivity contribution < 1.29 is 39.3 Å². The van der Waals surface area contributed by atoms with Gasteiger partial charge in [0, 0.05) is 6.42 Å². The minimum atomic E-state index is -1.59. The van der Waals surface area contributed by atoms with E-state index in [2.05, 4.69) is 16.0 Å². The highest BCUT2D eigenvalue weighted by Crippen LogP contribution is 2.11. The lowest BCUT2D eigenvalue weighted by atomic mass is 10.0. The number of phenols is 1. The van der Waals surface area contributed by atoms with Crippen LogP contribution in [-0.4, -0.2) is 87.2 Å². The van der Waals surface area contributed by atoms with Crippen LogP contribution in [0, 0.1) is 0 Å². The molecule has 1 aromatic rings. The number of aliphatic hydroxyl groups excluding tert-OH is 1. The summed E-state index contributed by atoms with van der Waals surface area (Å²) in [5.74, 6) is -4.00. The van der Waals surface area contributed by atoms with E-state index in [0.29, 0.717) is 11.3 Å². The summed E-state index contributed by atoms with van der Waals surface area (Å²) >= 11 is 1.38. The normalized spacial score (nSPS) is 14.9. The topological polar surface area (TPSA) is 234 Å². The number of carboxylic acid groups (broad SMARTS) is 1. The van der Waals surface area contributed by atoms with Gasteiger partial charge >= 0.3 is 5.97 Å². The van der Waals surface area contributed by atoms with Crippen molar-refractivity contribution in [2.75, 3.05) is 12.0 Å². The van der Waals surface area contributed by atoms with Crippen LogP contribution < -0.4 is 27.4 Å². The fraction of sp³-hybridized carbons (Fsp3) is 0.522. The average Bonchev–Trinajstić information content (AvgIpc) is 2.82. The van der Waals surface area contributed by atoms with Gasteiger partial charge in [0.1, 0.15) is 17.8 Å². The highest BCUT2D eigenvalue weighted by molar-refractivity contribution is 7.98. The summed E-state index contributed by atoms with van der Waals surface area (Å²) in [4.78, 5) is 61.2. The number of aliphatic carboxylic acids is 1. The number of rotatable bonds is 16. The largest absolute Gasteiger partial charge is 0.508 e. The molecule has 1 rings (SSSR count). The highest BCUT2D eigenvalue weighted by Gasteiger charge is 2.31. The Hall–Kier alpha value is -3.36. The van der Waals surface area contributed by atoms with E-state index in [-0.39, 0.29) is 31.4 Å². The summed E-state index contributed by atoms with van der Waals surface area (Å²) in [6.45, 7) is 1.20. The van der Waals surface area contributed by atoms with Crippen molar-refractivity contribution in [1.82, 2.24) is 16.0 Å². The number of carboxylic acids is 1. The summed E-state index contributed by atoms with van der Waals surface area (Å²) in [5, 5.41) is 35.4. The molecule has 0 fully saturated rings. The van der Waals surface area contributed by atoms with E-state index in [4.69, 9.17) is 11.5 Å². The van der Waals surface area contributed by atoms with Crippen LogP contribution in [0.3, 0.4) is 0 Å². The number of aromatic hydroxyl groups is 1. The molecule has 37 heavy (non-hydrogen) atoms. The van der Waals surface area contributed by atoms with Crippen LogP contribution >= 0.6 is 11.8 Å².